The van der Waals surface area contributed by atoms with Gasteiger partial charge in [0.25, 0.3) is 5.91 Å². The van der Waals surface area contributed by atoms with Gasteiger partial charge >= 0.3 is 0 Å². The van der Waals surface area contributed by atoms with Gasteiger partial charge in [-0.2, -0.15) is 15.1 Å². The van der Waals surface area contributed by atoms with Gasteiger partial charge in [-0.3, -0.25) is 10.2 Å². The number of thioether (sulfide) groups is 1. The van der Waals surface area contributed by atoms with Crippen LogP contribution in [0.2, 0.25) is 0 Å². The van der Waals surface area contributed by atoms with Crippen LogP contribution in [-0.2, 0) is 4.79 Å². The number of amidine groups is 2. The van der Waals surface area contributed by atoms with Crippen LogP contribution in [0.25, 0.3) is 6.08 Å². The van der Waals surface area contributed by atoms with Gasteiger partial charge in [0.1, 0.15) is 24.0 Å². The minimum atomic E-state index is -0.430. The fourth-order valence-corrected chi connectivity index (χ4v) is 5.58. The van der Waals surface area contributed by atoms with Crippen LogP contribution in [0.1, 0.15) is 44.6 Å². The molecule has 0 spiro atoms. The van der Waals surface area contributed by atoms with Gasteiger partial charge in [-0.05, 0) is 67.4 Å². The van der Waals surface area contributed by atoms with Crippen molar-refractivity contribution in [3.8, 4) is 17.2 Å². The second-order valence-electron chi connectivity index (χ2n) is 8.94. The number of hydrogen-bond acceptors (Lipinski definition) is 7. The summed E-state index contributed by atoms with van der Waals surface area (Å²) in [5.74, 6) is 1.94. The van der Waals surface area contributed by atoms with Crippen molar-refractivity contribution in [3.63, 3.8) is 0 Å². The van der Waals surface area contributed by atoms with Gasteiger partial charge in [0.2, 0.25) is 5.17 Å². The molecule has 9 heteroatoms. The van der Waals surface area contributed by atoms with Gasteiger partial charge < -0.3 is 14.2 Å². The molecule has 8 nitrogen and oxygen atoms in total. The molecule has 2 aromatic carbocycles. The van der Waals surface area contributed by atoms with Crippen molar-refractivity contribution in [1.82, 2.24) is 5.01 Å². The monoisotopic (exact) mass is 518 g/mol. The predicted octanol–water partition coefficient (Wildman–Crippen LogP) is 5.74. The largest absolute Gasteiger partial charge is 0.490 e. The van der Waals surface area contributed by atoms with Gasteiger partial charge in [0.05, 0.1) is 12.2 Å². The predicted molar refractivity (Wildman–Crippen MR) is 147 cm³/mol. The van der Waals surface area contributed by atoms with Crippen LogP contribution in [0.3, 0.4) is 0 Å². The van der Waals surface area contributed by atoms with Crippen LogP contribution in [0, 0.1) is 11.3 Å². The van der Waals surface area contributed by atoms with Gasteiger partial charge in [0, 0.05) is 5.92 Å². The van der Waals surface area contributed by atoms with Crippen molar-refractivity contribution in [1.29, 1.82) is 5.41 Å². The second kappa shape index (κ2) is 11.6. The maximum atomic E-state index is 12.8. The first-order valence-corrected chi connectivity index (χ1v) is 13.5. The summed E-state index contributed by atoms with van der Waals surface area (Å²) in [6, 6.07) is 15.0. The van der Waals surface area contributed by atoms with E-state index in [1.807, 2.05) is 43.3 Å². The van der Waals surface area contributed by atoms with Gasteiger partial charge in [0.15, 0.2) is 17.3 Å². The fraction of sp³-hybridized carbons (Fsp3) is 0.357. The van der Waals surface area contributed by atoms with E-state index in [0.717, 1.165) is 23.6 Å². The lowest BCUT2D eigenvalue weighted by Gasteiger charge is -2.20. The maximum Gasteiger partial charge on any atom is 0.283 e. The highest BCUT2D eigenvalue weighted by Gasteiger charge is 2.38. The van der Waals surface area contributed by atoms with Crippen LogP contribution in [-0.4, -0.2) is 46.8 Å². The van der Waals surface area contributed by atoms with Crippen LogP contribution in [0.15, 0.2) is 64.2 Å². The fourth-order valence-electron chi connectivity index (χ4n) is 4.52. The molecular formula is C28H30N4O4S. The Morgan fingerprint density at radius 1 is 1.03 bits per heavy atom. The summed E-state index contributed by atoms with van der Waals surface area (Å²) in [7, 11) is 0. The lowest BCUT2D eigenvalue weighted by Crippen LogP contribution is -2.35. The Balaban J connectivity index is 1.28. The molecule has 0 unspecified atom stereocenters. The van der Waals surface area contributed by atoms with Crippen molar-refractivity contribution >= 4 is 39.8 Å². The summed E-state index contributed by atoms with van der Waals surface area (Å²) in [4.78, 5) is 17.1. The first-order valence-electron chi connectivity index (χ1n) is 12.7. The van der Waals surface area contributed by atoms with Crippen LogP contribution < -0.4 is 14.2 Å². The normalized spacial score (nSPS) is 18.9. The number of ether oxygens (including phenoxy) is 3. The van der Waals surface area contributed by atoms with Crippen molar-refractivity contribution in [2.45, 2.75) is 39.0 Å². The third-order valence-corrected chi connectivity index (χ3v) is 7.43. The molecule has 3 aliphatic rings. The van der Waals surface area contributed by atoms with E-state index >= 15 is 0 Å². The molecule has 192 valence electrons. The van der Waals surface area contributed by atoms with Crippen molar-refractivity contribution in [2.75, 3.05) is 19.8 Å². The maximum absolute atomic E-state index is 12.8. The molecule has 1 fully saturated rings. The summed E-state index contributed by atoms with van der Waals surface area (Å²) >= 11 is 1.43. The van der Waals surface area contributed by atoms with E-state index in [1.54, 1.807) is 18.2 Å². The minimum Gasteiger partial charge on any atom is -0.490 e. The van der Waals surface area contributed by atoms with E-state index < -0.39 is 5.91 Å². The number of rotatable bonds is 9. The first-order chi connectivity index (χ1) is 18.1. The highest BCUT2D eigenvalue weighted by Crippen LogP contribution is 2.36. The average molecular weight is 519 g/mol. The standard InChI is InChI=1S/C28H30N4O4S/c1-2-34-24-18-19(13-14-23(24)36-16-15-35-21-11-7-4-8-12-21)17-22-25(29)32-28(30-26(22)33)37-27(31-32)20-9-5-3-6-10-20/h4,7-8,11-14,17-18,20,29H,2-3,5-6,9-10,15-16H2,1H3/b22-17-,29-25?. The molecular weight excluding hydrogens is 488 g/mol. The third-order valence-electron chi connectivity index (χ3n) is 6.36. The lowest BCUT2D eigenvalue weighted by atomic mass is 9.90. The van der Waals surface area contributed by atoms with Gasteiger partial charge in [-0.25, -0.2) is 0 Å². The highest BCUT2D eigenvalue weighted by atomic mass is 32.2. The summed E-state index contributed by atoms with van der Waals surface area (Å²) in [6.07, 6.45) is 7.51. The van der Waals surface area contributed by atoms with Crippen molar-refractivity contribution in [2.24, 2.45) is 16.0 Å². The molecule has 0 aromatic heterocycles. The van der Waals surface area contributed by atoms with E-state index in [4.69, 9.17) is 19.6 Å². The Morgan fingerprint density at radius 2 is 1.81 bits per heavy atom. The zero-order valence-electron chi connectivity index (χ0n) is 20.8. The summed E-state index contributed by atoms with van der Waals surface area (Å²) in [5.41, 5.74) is 0.914. The number of nitrogens with zero attached hydrogens (tertiary/aromatic N) is 3. The number of fused-ring (bicyclic) bond motifs is 1. The Kier molecular flexibility index (Phi) is 7.89. The van der Waals surface area contributed by atoms with E-state index in [2.05, 4.69) is 10.1 Å². The van der Waals surface area contributed by atoms with E-state index in [9.17, 15) is 4.79 Å². The number of hydrazone groups is 1. The molecule has 0 atom stereocenters. The zero-order valence-corrected chi connectivity index (χ0v) is 21.6. The molecule has 37 heavy (non-hydrogen) atoms. The van der Waals surface area contributed by atoms with E-state index in [-0.39, 0.29) is 11.4 Å². The van der Waals surface area contributed by atoms with Crippen molar-refractivity contribution < 1.29 is 19.0 Å². The van der Waals surface area contributed by atoms with Crippen LogP contribution in [0.4, 0.5) is 0 Å². The molecule has 1 N–H and O–H groups in total. The molecule has 2 aromatic rings. The van der Waals surface area contributed by atoms with Crippen LogP contribution in [0.5, 0.6) is 17.2 Å². The number of nitrogens with one attached hydrogen (secondary N) is 1. The second-order valence-corrected chi connectivity index (χ2v) is 9.93. The molecule has 1 aliphatic carbocycles. The Bertz CT molecular complexity index is 1250. The summed E-state index contributed by atoms with van der Waals surface area (Å²) in [5, 5.41) is 16.3. The SMILES string of the molecule is CCOc1cc(/C=C2/C(=N)N3N=C(C4CCCCC4)SC3=NC2=O)ccc1OCCOc1ccccc1. The number of aliphatic imine (C=N–C) groups is 1. The highest BCUT2D eigenvalue weighted by molar-refractivity contribution is 8.27. The first kappa shape index (κ1) is 25.1. The number of hydrogen-bond donors (Lipinski definition) is 1. The number of amides is 1. The minimum absolute atomic E-state index is 0.0460. The smallest absolute Gasteiger partial charge is 0.283 e. The Hall–Kier alpha value is -3.59. The average Bonchev–Trinajstić information content (AvgIpc) is 3.35. The summed E-state index contributed by atoms with van der Waals surface area (Å²) in [6.45, 7) is 3.11. The van der Waals surface area contributed by atoms with Gasteiger partial charge in [-0.15, -0.1) is 0 Å². The Morgan fingerprint density at radius 3 is 2.59 bits per heavy atom. The topological polar surface area (TPSA) is 96.6 Å². The van der Waals surface area contributed by atoms with E-state index in [1.165, 1.54) is 36.0 Å². The van der Waals surface area contributed by atoms with Gasteiger partial charge in [-0.1, -0.05) is 43.5 Å². The zero-order chi connectivity index (χ0) is 25.6. The molecule has 0 bridgehead atoms. The lowest BCUT2D eigenvalue weighted by molar-refractivity contribution is -0.114. The summed E-state index contributed by atoms with van der Waals surface area (Å²) < 4.78 is 17.4. The molecule has 5 rings (SSSR count). The quantitative estimate of drug-likeness (QED) is 0.336. The number of carbonyl (C=O) groups excluding carboxylic acids is 1. The number of benzene rings is 2. The molecule has 2 heterocycles. The Labute approximate surface area is 220 Å². The number of carbonyl (C=O) groups is 1. The molecule has 2 aliphatic heterocycles. The van der Waals surface area contributed by atoms with E-state index in [0.29, 0.717) is 48.0 Å². The van der Waals surface area contributed by atoms with Crippen molar-refractivity contribution in [3.05, 3.63) is 59.7 Å². The number of para-hydroxylation sites is 1. The third kappa shape index (κ3) is 5.88. The molecule has 1 amide bonds. The molecule has 0 saturated heterocycles. The molecule has 1 saturated carbocycles. The molecule has 0 radical (unpaired) electrons. The van der Waals surface area contributed by atoms with Crippen LogP contribution >= 0.6 is 11.8 Å².